The van der Waals surface area contributed by atoms with Crippen LogP contribution in [0.25, 0.3) is 33.1 Å². The Bertz CT molecular complexity index is 1730. The number of fused-ring (bicyclic) bond motifs is 5. The fourth-order valence-electron chi connectivity index (χ4n) is 6.77. The standard InChI is InChI=1S/C36H24/c1-3-11-23(12-4-1)35-26-17-7-8-18-27(26)36(24-13-5-2-6-14-24)33-22-31-29-20-10-16-25-15-9-19-28(34(25)29)30(31)21-32(33)35/h1-22,32-33H. The summed E-state index contributed by atoms with van der Waals surface area (Å²) in [5, 5.41) is 5.43. The van der Waals surface area contributed by atoms with Crippen LogP contribution >= 0.6 is 0 Å². The predicted molar refractivity (Wildman–Crippen MR) is 150 cm³/mol. The predicted octanol–water partition coefficient (Wildman–Crippen LogP) is 6.98. The van der Waals surface area contributed by atoms with Gasteiger partial charge >= 0.3 is 0 Å². The molecule has 8 rings (SSSR count). The average molecular weight is 457 g/mol. The Morgan fingerprint density at radius 2 is 0.833 bits per heavy atom. The van der Waals surface area contributed by atoms with Gasteiger partial charge in [0.1, 0.15) is 0 Å². The van der Waals surface area contributed by atoms with E-state index in [9.17, 15) is 0 Å². The molecule has 0 heterocycles. The van der Waals surface area contributed by atoms with Gasteiger partial charge in [0.05, 0.1) is 0 Å². The van der Waals surface area contributed by atoms with E-state index in [1.54, 1.807) is 0 Å². The summed E-state index contributed by atoms with van der Waals surface area (Å²) in [5.74, 6) is 0.529. The van der Waals surface area contributed by atoms with Crippen molar-refractivity contribution in [1.82, 2.24) is 0 Å². The van der Waals surface area contributed by atoms with Crippen molar-refractivity contribution < 1.29 is 0 Å². The molecule has 3 aliphatic carbocycles. The van der Waals surface area contributed by atoms with Gasteiger partial charge in [-0.2, -0.15) is 0 Å². The lowest BCUT2D eigenvalue weighted by Gasteiger charge is -2.35. The topological polar surface area (TPSA) is 0 Å². The number of hydrogen-bond donors (Lipinski definition) is 0. The molecule has 5 aromatic carbocycles. The van der Waals surface area contributed by atoms with Crippen molar-refractivity contribution in [2.24, 2.45) is 11.8 Å². The SMILES string of the molecule is C1=C2C(=CC3C(c4ccccc4)=c4ccccc4=C(c4ccccc4)C13)c1cccc3cccc2c13. The van der Waals surface area contributed by atoms with Crippen LogP contribution in [-0.2, 0) is 0 Å². The van der Waals surface area contributed by atoms with Crippen molar-refractivity contribution in [3.8, 4) is 0 Å². The second-order valence-electron chi connectivity index (χ2n) is 10.0. The first kappa shape index (κ1) is 19.8. The van der Waals surface area contributed by atoms with Gasteiger partial charge in [0, 0.05) is 11.8 Å². The van der Waals surface area contributed by atoms with Gasteiger partial charge in [-0.25, -0.2) is 0 Å². The molecule has 0 amide bonds. The zero-order valence-corrected chi connectivity index (χ0v) is 19.9. The van der Waals surface area contributed by atoms with Crippen LogP contribution in [0.3, 0.4) is 0 Å². The molecule has 0 bridgehead atoms. The maximum absolute atomic E-state index is 2.58. The highest BCUT2D eigenvalue weighted by Crippen LogP contribution is 2.53. The second kappa shape index (κ2) is 7.54. The van der Waals surface area contributed by atoms with Crippen LogP contribution < -0.4 is 10.4 Å². The molecule has 0 aromatic heterocycles. The first-order valence-electron chi connectivity index (χ1n) is 12.8. The van der Waals surface area contributed by atoms with Crippen LogP contribution in [0.1, 0.15) is 22.3 Å². The van der Waals surface area contributed by atoms with Gasteiger partial charge < -0.3 is 0 Å². The van der Waals surface area contributed by atoms with Crippen molar-refractivity contribution in [1.29, 1.82) is 0 Å². The van der Waals surface area contributed by atoms with E-state index in [0.717, 1.165) is 0 Å². The molecule has 0 nitrogen and oxygen atoms in total. The Hall–Kier alpha value is -4.42. The van der Waals surface area contributed by atoms with Crippen molar-refractivity contribution >= 4 is 33.1 Å². The van der Waals surface area contributed by atoms with E-state index in [2.05, 4.69) is 133 Å². The minimum atomic E-state index is 0.265. The minimum absolute atomic E-state index is 0.265. The first-order chi connectivity index (χ1) is 17.9. The van der Waals surface area contributed by atoms with Gasteiger partial charge in [-0.3, -0.25) is 0 Å². The zero-order chi connectivity index (χ0) is 23.6. The molecule has 0 N–H and O–H groups in total. The lowest BCUT2D eigenvalue weighted by Crippen LogP contribution is -2.40. The Kier molecular flexibility index (Phi) is 4.15. The molecule has 3 aliphatic rings. The number of benzene rings is 5. The maximum atomic E-state index is 2.58. The highest BCUT2D eigenvalue weighted by atomic mass is 14.4. The van der Waals surface area contributed by atoms with Crippen LogP contribution in [0.2, 0.25) is 0 Å². The summed E-state index contributed by atoms with van der Waals surface area (Å²) in [6.45, 7) is 0. The molecule has 0 saturated carbocycles. The quantitative estimate of drug-likeness (QED) is 0.269. The van der Waals surface area contributed by atoms with E-state index in [-0.39, 0.29) is 11.8 Å². The summed E-state index contributed by atoms with van der Waals surface area (Å²) in [7, 11) is 0. The molecular formula is C36H24. The summed E-state index contributed by atoms with van der Waals surface area (Å²) in [5.41, 5.74) is 11.0. The molecule has 2 unspecified atom stereocenters. The normalized spacial score (nSPS) is 19.3. The molecule has 0 heteroatoms. The number of allylic oxidation sites excluding steroid dienone is 4. The van der Waals surface area contributed by atoms with Gasteiger partial charge in [-0.15, -0.1) is 0 Å². The lowest BCUT2D eigenvalue weighted by atomic mass is 9.67. The highest BCUT2D eigenvalue weighted by Gasteiger charge is 2.37. The molecular weight excluding hydrogens is 432 g/mol. The molecule has 2 atom stereocenters. The monoisotopic (exact) mass is 456 g/mol. The third kappa shape index (κ3) is 2.70. The number of rotatable bonds is 2. The molecule has 0 fully saturated rings. The van der Waals surface area contributed by atoms with Gasteiger partial charge in [0.2, 0.25) is 0 Å². The molecule has 168 valence electrons. The van der Waals surface area contributed by atoms with Gasteiger partial charge in [0.25, 0.3) is 0 Å². The second-order valence-corrected chi connectivity index (χ2v) is 10.0. The van der Waals surface area contributed by atoms with E-state index in [0.29, 0.717) is 0 Å². The van der Waals surface area contributed by atoms with Gasteiger partial charge in [-0.1, -0.05) is 133 Å². The van der Waals surface area contributed by atoms with E-state index >= 15 is 0 Å². The fourth-order valence-corrected chi connectivity index (χ4v) is 6.77. The van der Waals surface area contributed by atoms with E-state index < -0.39 is 0 Å². The van der Waals surface area contributed by atoms with Crippen molar-refractivity contribution in [3.63, 3.8) is 0 Å². The Morgan fingerprint density at radius 1 is 0.389 bits per heavy atom. The summed E-state index contributed by atoms with van der Waals surface area (Å²) >= 11 is 0. The van der Waals surface area contributed by atoms with E-state index in [1.807, 2.05) is 0 Å². The molecule has 36 heavy (non-hydrogen) atoms. The van der Waals surface area contributed by atoms with Gasteiger partial charge in [0.15, 0.2) is 0 Å². The van der Waals surface area contributed by atoms with Crippen molar-refractivity contribution in [2.75, 3.05) is 0 Å². The number of hydrogen-bond acceptors (Lipinski definition) is 0. The summed E-state index contributed by atoms with van der Waals surface area (Å²) in [6.07, 6.45) is 5.16. The Morgan fingerprint density at radius 3 is 1.31 bits per heavy atom. The van der Waals surface area contributed by atoms with Crippen LogP contribution in [0, 0.1) is 11.8 Å². The molecule has 0 saturated heterocycles. The summed E-state index contributed by atoms with van der Waals surface area (Å²) in [6, 6.07) is 44.5. The van der Waals surface area contributed by atoms with Crippen molar-refractivity contribution in [3.05, 3.63) is 166 Å². The molecule has 0 aliphatic heterocycles. The zero-order valence-electron chi connectivity index (χ0n) is 19.9. The van der Waals surface area contributed by atoms with Crippen LogP contribution in [0.5, 0.6) is 0 Å². The minimum Gasteiger partial charge on any atom is -0.0675 e. The van der Waals surface area contributed by atoms with E-state index in [4.69, 9.17) is 0 Å². The largest absolute Gasteiger partial charge is 0.0675 e. The smallest absolute Gasteiger partial charge is 0.0144 e. The average Bonchev–Trinajstić information content (AvgIpc) is 3.26. The highest BCUT2D eigenvalue weighted by molar-refractivity contribution is 6.23. The van der Waals surface area contributed by atoms with Crippen LogP contribution in [-0.4, -0.2) is 0 Å². The fraction of sp³-hybridized carbons (Fsp3) is 0.0556. The third-order valence-electron chi connectivity index (χ3n) is 8.20. The third-order valence-corrected chi connectivity index (χ3v) is 8.20. The van der Waals surface area contributed by atoms with Crippen LogP contribution in [0.4, 0.5) is 0 Å². The Balaban J connectivity index is 1.51. The lowest BCUT2D eigenvalue weighted by molar-refractivity contribution is 0.692. The summed E-state index contributed by atoms with van der Waals surface area (Å²) < 4.78 is 0. The maximum Gasteiger partial charge on any atom is 0.0144 e. The van der Waals surface area contributed by atoms with Crippen molar-refractivity contribution in [2.45, 2.75) is 0 Å². The molecule has 0 radical (unpaired) electrons. The Labute approximate surface area is 210 Å². The van der Waals surface area contributed by atoms with E-state index in [1.165, 1.54) is 65.8 Å². The van der Waals surface area contributed by atoms with Gasteiger partial charge in [-0.05, 0) is 65.8 Å². The molecule has 0 spiro atoms. The molecule has 5 aromatic rings. The summed E-state index contributed by atoms with van der Waals surface area (Å²) in [4.78, 5) is 0. The van der Waals surface area contributed by atoms with Crippen LogP contribution in [0.15, 0.2) is 133 Å². The first-order valence-corrected chi connectivity index (χ1v) is 12.8.